The molecule has 0 saturated heterocycles. The molecule has 7 nitrogen and oxygen atoms in total. The molecule has 2 aliphatic rings. The quantitative estimate of drug-likeness (QED) is 0.441. The minimum atomic E-state index is -1.11. The SMILES string of the molecule is CCOc1cc2c(c(F)c1OCC)C(=N)N(CC(=O)c1cc(C(O)CO)cc(C(C)(C)C)c1)C21CC1. The number of halogens is 1. The number of rotatable bonds is 9. The molecule has 1 heterocycles. The summed E-state index contributed by atoms with van der Waals surface area (Å²) in [6, 6.07) is 6.94. The number of hydrogen-bond donors (Lipinski definition) is 3. The summed E-state index contributed by atoms with van der Waals surface area (Å²) in [5.41, 5.74) is 1.61. The van der Waals surface area contributed by atoms with Crippen molar-refractivity contribution in [3.05, 3.63) is 57.9 Å². The van der Waals surface area contributed by atoms with E-state index in [0.717, 1.165) is 5.56 Å². The van der Waals surface area contributed by atoms with Crippen molar-refractivity contribution in [3.63, 3.8) is 0 Å². The molecule has 3 N–H and O–H groups in total. The van der Waals surface area contributed by atoms with Crippen LogP contribution in [0.2, 0.25) is 0 Å². The van der Waals surface area contributed by atoms with Gasteiger partial charge in [-0.3, -0.25) is 10.2 Å². The third-order valence-corrected chi connectivity index (χ3v) is 7.03. The van der Waals surface area contributed by atoms with Crippen LogP contribution in [0, 0.1) is 11.2 Å². The Morgan fingerprint density at radius 1 is 1.17 bits per heavy atom. The number of carbonyl (C=O) groups is 1. The lowest BCUT2D eigenvalue weighted by molar-refractivity contribution is 0.0929. The largest absolute Gasteiger partial charge is 0.490 e. The van der Waals surface area contributed by atoms with E-state index >= 15 is 4.39 Å². The second-order valence-corrected chi connectivity index (χ2v) is 10.5. The summed E-state index contributed by atoms with van der Waals surface area (Å²) in [5, 5.41) is 28.6. The van der Waals surface area contributed by atoms with Gasteiger partial charge in [-0.05, 0) is 67.0 Å². The van der Waals surface area contributed by atoms with Gasteiger partial charge in [0.25, 0.3) is 0 Å². The molecule has 2 aromatic carbocycles. The van der Waals surface area contributed by atoms with Crippen LogP contribution >= 0.6 is 0 Å². The number of ether oxygens (including phenoxy) is 2. The zero-order chi connectivity index (χ0) is 26.4. The molecule has 1 unspecified atom stereocenters. The van der Waals surface area contributed by atoms with Crippen LogP contribution in [0.3, 0.4) is 0 Å². The number of aliphatic hydroxyl groups is 2. The molecule has 0 amide bonds. The number of amidine groups is 1. The summed E-state index contributed by atoms with van der Waals surface area (Å²) >= 11 is 0. The minimum absolute atomic E-state index is 0.00709. The van der Waals surface area contributed by atoms with Crippen LogP contribution in [0.4, 0.5) is 4.39 Å². The van der Waals surface area contributed by atoms with Gasteiger partial charge >= 0.3 is 0 Å². The predicted molar refractivity (Wildman–Crippen MR) is 135 cm³/mol. The van der Waals surface area contributed by atoms with Crippen molar-refractivity contribution in [1.82, 2.24) is 4.90 Å². The maximum absolute atomic E-state index is 15.7. The molecule has 1 aliphatic carbocycles. The van der Waals surface area contributed by atoms with Gasteiger partial charge in [-0.15, -0.1) is 0 Å². The van der Waals surface area contributed by atoms with Crippen molar-refractivity contribution >= 4 is 11.6 Å². The van der Waals surface area contributed by atoms with E-state index in [4.69, 9.17) is 14.9 Å². The second kappa shape index (κ2) is 9.48. The molecular formula is C28H35FN2O5. The fourth-order valence-corrected chi connectivity index (χ4v) is 4.91. The first-order valence-electron chi connectivity index (χ1n) is 12.4. The van der Waals surface area contributed by atoms with Crippen LogP contribution in [0.1, 0.15) is 86.2 Å². The summed E-state index contributed by atoms with van der Waals surface area (Å²) in [5.74, 6) is -0.616. The molecule has 8 heteroatoms. The van der Waals surface area contributed by atoms with E-state index in [-0.39, 0.29) is 41.5 Å². The van der Waals surface area contributed by atoms with Crippen LogP contribution in [-0.4, -0.2) is 53.1 Å². The van der Waals surface area contributed by atoms with E-state index in [1.165, 1.54) is 0 Å². The average Bonchev–Trinajstić information content (AvgIpc) is 3.60. The van der Waals surface area contributed by atoms with Crippen LogP contribution in [-0.2, 0) is 11.0 Å². The van der Waals surface area contributed by atoms with E-state index in [0.29, 0.717) is 41.9 Å². The fourth-order valence-electron chi connectivity index (χ4n) is 4.91. The van der Waals surface area contributed by atoms with Gasteiger partial charge in [-0.1, -0.05) is 26.8 Å². The zero-order valence-corrected chi connectivity index (χ0v) is 21.6. The third kappa shape index (κ3) is 4.37. The lowest BCUT2D eigenvalue weighted by Gasteiger charge is -2.27. The number of hydrogen-bond acceptors (Lipinski definition) is 6. The Morgan fingerprint density at radius 2 is 1.83 bits per heavy atom. The number of fused-ring (bicyclic) bond motifs is 2. The number of nitrogens with zero attached hydrogens (tertiary/aromatic N) is 1. The molecule has 0 radical (unpaired) electrons. The highest BCUT2D eigenvalue weighted by Gasteiger charge is 2.58. The van der Waals surface area contributed by atoms with Crippen molar-refractivity contribution in [3.8, 4) is 11.5 Å². The fraction of sp³-hybridized carbons (Fsp3) is 0.500. The number of Topliss-reactive ketones (excluding diaryl/α,β-unsaturated/α-hetero) is 1. The molecule has 1 atom stereocenters. The van der Waals surface area contributed by atoms with E-state index in [9.17, 15) is 15.0 Å². The van der Waals surface area contributed by atoms with Crippen molar-refractivity contribution in [2.75, 3.05) is 26.4 Å². The molecule has 4 rings (SSSR count). The standard InChI is InChI=1S/C28H35FN2O5/c1-6-35-22-13-19-23(24(29)25(22)36-7-2)26(30)31(28(19)8-9-28)14-20(33)16-10-17(21(34)15-32)12-18(11-16)27(3,4)5/h10-13,21,30,32,34H,6-9,14-15H2,1-5H3. The Hall–Kier alpha value is -2.97. The monoisotopic (exact) mass is 498 g/mol. The first kappa shape index (κ1) is 26.1. The second-order valence-electron chi connectivity index (χ2n) is 10.5. The number of carbonyl (C=O) groups excluding carboxylic acids is 1. The maximum atomic E-state index is 15.7. The molecule has 194 valence electrons. The summed E-state index contributed by atoms with van der Waals surface area (Å²) in [6.07, 6.45) is 0.294. The van der Waals surface area contributed by atoms with E-state index in [1.807, 2.05) is 27.7 Å². The molecule has 1 saturated carbocycles. The van der Waals surface area contributed by atoms with Gasteiger partial charge in [0.05, 0.1) is 37.5 Å². The van der Waals surface area contributed by atoms with Crippen LogP contribution in [0.15, 0.2) is 24.3 Å². The molecule has 36 heavy (non-hydrogen) atoms. The summed E-state index contributed by atoms with van der Waals surface area (Å²) in [6.45, 7) is 9.62. The van der Waals surface area contributed by atoms with Gasteiger partial charge in [-0.25, -0.2) is 4.39 Å². The van der Waals surface area contributed by atoms with E-state index < -0.39 is 24.1 Å². The average molecular weight is 499 g/mol. The highest BCUT2D eigenvalue weighted by molar-refractivity contribution is 6.07. The van der Waals surface area contributed by atoms with Gasteiger partial charge in [-0.2, -0.15) is 0 Å². The topological polar surface area (TPSA) is 103 Å². The number of benzene rings is 2. The molecule has 1 fully saturated rings. The molecular weight excluding hydrogens is 463 g/mol. The first-order chi connectivity index (χ1) is 17.0. The lowest BCUT2D eigenvalue weighted by atomic mass is 9.84. The molecule has 0 aromatic heterocycles. The zero-order valence-electron chi connectivity index (χ0n) is 21.6. The van der Waals surface area contributed by atoms with Crippen molar-refractivity contribution in [2.45, 2.75) is 64.5 Å². The van der Waals surface area contributed by atoms with Crippen molar-refractivity contribution in [2.24, 2.45) is 0 Å². The Morgan fingerprint density at radius 3 is 2.39 bits per heavy atom. The Labute approximate surface area is 211 Å². The third-order valence-electron chi connectivity index (χ3n) is 7.03. The minimum Gasteiger partial charge on any atom is -0.490 e. The highest BCUT2D eigenvalue weighted by atomic mass is 19.1. The Balaban J connectivity index is 1.72. The van der Waals surface area contributed by atoms with Gasteiger partial charge in [0.2, 0.25) is 0 Å². The molecule has 1 spiro atoms. The summed E-state index contributed by atoms with van der Waals surface area (Å²) in [7, 11) is 0. The van der Waals surface area contributed by atoms with Crippen LogP contribution in [0.25, 0.3) is 0 Å². The van der Waals surface area contributed by atoms with Crippen LogP contribution < -0.4 is 9.47 Å². The smallest absolute Gasteiger partial charge is 0.197 e. The molecule has 1 aliphatic heterocycles. The summed E-state index contributed by atoms with van der Waals surface area (Å²) in [4.78, 5) is 15.2. The Bertz CT molecular complexity index is 1200. The predicted octanol–water partition coefficient (Wildman–Crippen LogP) is 4.46. The van der Waals surface area contributed by atoms with E-state index in [2.05, 4.69) is 0 Å². The lowest BCUT2D eigenvalue weighted by Crippen LogP contribution is -2.38. The van der Waals surface area contributed by atoms with Gasteiger partial charge < -0.3 is 24.6 Å². The van der Waals surface area contributed by atoms with E-state index in [1.54, 1.807) is 36.1 Å². The first-order valence-corrected chi connectivity index (χ1v) is 12.4. The van der Waals surface area contributed by atoms with Crippen LogP contribution in [0.5, 0.6) is 11.5 Å². The highest BCUT2D eigenvalue weighted by Crippen LogP contribution is 2.58. The normalized spacial score (nSPS) is 16.8. The van der Waals surface area contributed by atoms with Crippen molar-refractivity contribution in [1.29, 1.82) is 5.41 Å². The molecule has 0 bridgehead atoms. The van der Waals surface area contributed by atoms with Gasteiger partial charge in [0.1, 0.15) is 11.9 Å². The number of aliphatic hydroxyl groups excluding tert-OH is 2. The molecule has 2 aromatic rings. The van der Waals surface area contributed by atoms with Crippen molar-refractivity contribution < 1.29 is 28.9 Å². The van der Waals surface area contributed by atoms with Gasteiger partial charge in [0, 0.05) is 5.56 Å². The summed E-state index contributed by atoms with van der Waals surface area (Å²) < 4.78 is 26.9. The maximum Gasteiger partial charge on any atom is 0.197 e. The van der Waals surface area contributed by atoms with Gasteiger partial charge in [0.15, 0.2) is 23.1 Å². The number of nitrogens with one attached hydrogen (secondary N) is 1. The Kier molecular flexibility index (Phi) is 6.88. The number of ketones is 1.